The average Bonchev–Trinajstić information content (AvgIpc) is 2.76. The first-order valence-corrected chi connectivity index (χ1v) is 9.15. The second kappa shape index (κ2) is 7.90. The maximum absolute atomic E-state index is 12.7. The number of methoxy groups -OCH3 is 2. The predicted molar refractivity (Wildman–Crippen MR) is 105 cm³/mol. The molecule has 1 atom stereocenters. The molecule has 0 amide bonds. The molecule has 3 aromatic rings. The van der Waals surface area contributed by atoms with Gasteiger partial charge >= 0.3 is 17.6 Å². The Balaban J connectivity index is 1.79. The van der Waals surface area contributed by atoms with Gasteiger partial charge in [-0.05, 0) is 29.8 Å². The van der Waals surface area contributed by atoms with Crippen LogP contribution in [0.25, 0.3) is 11.0 Å². The topological polar surface area (TPSA) is 101 Å². The molecular formula is C22H18O8. The molecule has 0 spiro atoms. The summed E-state index contributed by atoms with van der Waals surface area (Å²) in [6.45, 7) is -0.277. The first-order valence-electron chi connectivity index (χ1n) is 9.15. The van der Waals surface area contributed by atoms with Gasteiger partial charge in [0.15, 0.2) is 23.9 Å². The van der Waals surface area contributed by atoms with Crippen LogP contribution in [-0.4, -0.2) is 32.8 Å². The molecule has 0 saturated heterocycles. The van der Waals surface area contributed by atoms with Gasteiger partial charge in [-0.1, -0.05) is 18.2 Å². The molecule has 0 saturated carbocycles. The Kier molecular flexibility index (Phi) is 5.14. The monoisotopic (exact) mass is 410 g/mol. The summed E-state index contributed by atoms with van der Waals surface area (Å²) in [5.74, 6) is -0.667. The minimum absolute atomic E-state index is 0.0262. The van der Waals surface area contributed by atoms with Crippen LogP contribution in [0.5, 0.6) is 17.2 Å². The van der Waals surface area contributed by atoms with Crippen LogP contribution in [-0.2, 0) is 14.3 Å². The number of ether oxygens (including phenoxy) is 4. The van der Waals surface area contributed by atoms with Crippen molar-refractivity contribution in [1.82, 2.24) is 0 Å². The minimum atomic E-state index is -0.578. The first-order chi connectivity index (χ1) is 14.5. The van der Waals surface area contributed by atoms with Gasteiger partial charge in [-0.25, -0.2) is 9.59 Å². The lowest BCUT2D eigenvalue weighted by Gasteiger charge is -2.25. The van der Waals surface area contributed by atoms with Crippen molar-refractivity contribution in [3.63, 3.8) is 0 Å². The molecule has 0 aliphatic carbocycles. The zero-order valence-electron chi connectivity index (χ0n) is 16.3. The molecule has 0 bridgehead atoms. The summed E-state index contributed by atoms with van der Waals surface area (Å²) in [7, 11) is 2.72. The lowest BCUT2D eigenvalue weighted by atomic mass is 9.86. The van der Waals surface area contributed by atoms with Crippen molar-refractivity contribution in [2.75, 3.05) is 20.8 Å². The van der Waals surface area contributed by atoms with Gasteiger partial charge in [0.2, 0.25) is 0 Å². The molecule has 1 aromatic heterocycles. The number of para-hydroxylation sites is 1. The van der Waals surface area contributed by atoms with Crippen LogP contribution in [0.15, 0.2) is 51.7 Å². The van der Waals surface area contributed by atoms with Crippen LogP contribution in [0.2, 0.25) is 0 Å². The van der Waals surface area contributed by atoms with Gasteiger partial charge in [-0.2, -0.15) is 0 Å². The molecule has 0 N–H and O–H groups in total. The lowest BCUT2D eigenvalue weighted by Crippen LogP contribution is -2.26. The highest BCUT2D eigenvalue weighted by molar-refractivity contribution is 5.90. The summed E-state index contributed by atoms with van der Waals surface area (Å²) in [5.41, 5.74) is 0.710. The predicted octanol–water partition coefficient (Wildman–Crippen LogP) is 2.79. The molecule has 30 heavy (non-hydrogen) atoms. The van der Waals surface area contributed by atoms with Crippen LogP contribution in [0.1, 0.15) is 23.5 Å². The van der Waals surface area contributed by atoms with Crippen molar-refractivity contribution in [3.05, 3.63) is 64.0 Å². The van der Waals surface area contributed by atoms with E-state index >= 15 is 0 Å². The summed E-state index contributed by atoms with van der Waals surface area (Å²) in [4.78, 5) is 36.4. The van der Waals surface area contributed by atoms with Crippen molar-refractivity contribution in [2.45, 2.75) is 12.3 Å². The number of hydrogen-bond acceptors (Lipinski definition) is 8. The van der Waals surface area contributed by atoms with Crippen molar-refractivity contribution >= 4 is 22.9 Å². The van der Waals surface area contributed by atoms with Crippen LogP contribution < -0.4 is 19.8 Å². The van der Waals surface area contributed by atoms with E-state index in [0.717, 1.165) is 0 Å². The number of carbonyl (C=O) groups excluding carboxylic acids is 2. The van der Waals surface area contributed by atoms with E-state index in [1.165, 1.54) is 14.2 Å². The Hall–Kier alpha value is -3.81. The number of fused-ring (bicyclic) bond motifs is 3. The van der Waals surface area contributed by atoms with E-state index in [-0.39, 0.29) is 24.3 Å². The van der Waals surface area contributed by atoms with Gasteiger partial charge in [-0.15, -0.1) is 0 Å². The standard InChI is InChI=1S/C22H18O8/c1-26-17-9-12(7-8-16(17)28-11-19(24)27-2)14-10-18(23)30-21-13-5-3-4-6-15(13)29-22(25)20(14)21/h3-9,14H,10-11H2,1-2H3/t14-/m1/s1. The van der Waals surface area contributed by atoms with Crippen molar-refractivity contribution in [3.8, 4) is 17.2 Å². The molecule has 1 aliphatic rings. The smallest absolute Gasteiger partial charge is 0.343 e. The zero-order valence-corrected chi connectivity index (χ0v) is 16.3. The molecule has 4 rings (SSSR count). The maximum Gasteiger partial charge on any atom is 0.343 e. The SMILES string of the molecule is COC(=O)COc1ccc([C@H]2CC(=O)Oc3c2c(=O)oc2ccccc32)cc1OC. The summed E-state index contributed by atoms with van der Waals surface area (Å²) in [5, 5.41) is 0.551. The first kappa shape index (κ1) is 19.5. The fraction of sp³-hybridized carbons (Fsp3) is 0.227. The third-order valence-corrected chi connectivity index (χ3v) is 4.90. The highest BCUT2D eigenvalue weighted by Crippen LogP contribution is 2.42. The van der Waals surface area contributed by atoms with Crippen molar-refractivity contribution < 1.29 is 33.0 Å². The van der Waals surface area contributed by atoms with Crippen LogP contribution in [0.4, 0.5) is 0 Å². The molecule has 2 heterocycles. The van der Waals surface area contributed by atoms with Crippen molar-refractivity contribution in [1.29, 1.82) is 0 Å². The molecule has 0 fully saturated rings. The van der Waals surface area contributed by atoms with Crippen molar-refractivity contribution in [2.24, 2.45) is 0 Å². The summed E-state index contributed by atoms with van der Waals surface area (Å²) in [6, 6.07) is 11.9. The van der Waals surface area contributed by atoms with E-state index in [1.807, 2.05) is 0 Å². The number of esters is 2. The quantitative estimate of drug-likeness (QED) is 0.468. The largest absolute Gasteiger partial charge is 0.493 e. The molecule has 2 aromatic carbocycles. The molecule has 154 valence electrons. The fourth-order valence-electron chi connectivity index (χ4n) is 3.47. The number of benzene rings is 2. The average molecular weight is 410 g/mol. The Bertz CT molecular complexity index is 1190. The Morgan fingerprint density at radius 2 is 1.90 bits per heavy atom. The van der Waals surface area contributed by atoms with E-state index < -0.39 is 23.5 Å². The Morgan fingerprint density at radius 3 is 2.67 bits per heavy atom. The van der Waals surface area contributed by atoms with Gasteiger partial charge < -0.3 is 23.4 Å². The second-order valence-electron chi connectivity index (χ2n) is 6.63. The summed E-state index contributed by atoms with van der Waals surface area (Å²) < 4.78 is 26.2. The minimum Gasteiger partial charge on any atom is -0.493 e. The van der Waals surface area contributed by atoms with Gasteiger partial charge in [0.05, 0.1) is 31.6 Å². The van der Waals surface area contributed by atoms with E-state index in [2.05, 4.69) is 4.74 Å². The van der Waals surface area contributed by atoms with Crippen LogP contribution in [0, 0.1) is 0 Å². The number of hydrogen-bond donors (Lipinski definition) is 0. The van der Waals surface area contributed by atoms with Gasteiger partial charge in [0.25, 0.3) is 0 Å². The third kappa shape index (κ3) is 3.47. The van der Waals surface area contributed by atoms with E-state index in [1.54, 1.807) is 42.5 Å². The molecule has 1 aliphatic heterocycles. The molecule has 0 unspecified atom stereocenters. The van der Waals surface area contributed by atoms with Crippen LogP contribution in [0.3, 0.4) is 0 Å². The third-order valence-electron chi connectivity index (χ3n) is 4.90. The van der Waals surface area contributed by atoms with Crippen LogP contribution >= 0.6 is 0 Å². The molecular weight excluding hydrogens is 392 g/mol. The van der Waals surface area contributed by atoms with E-state index in [9.17, 15) is 14.4 Å². The summed E-state index contributed by atoms with van der Waals surface area (Å²) >= 11 is 0. The fourth-order valence-corrected chi connectivity index (χ4v) is 3.47. The molecule has 8 nitrogen and oxygen atoms in total. The normalized spacial score (nSPS) is 15.3. The van der Waals surface area contributed by atoms with E-state index in [4.69, 9.17) is 18.6 Å². The lowest BCUT2D eigenvalue weighted by molar-refractivity contribution is -0.143. The summed E-state index contributed by atoms with van der Waals surface area (Å²) in [6.07, 6.45) is -0.0262. The highest BCUT2D eigenvalue weighted by atomic mass is 16.6. The number of rotatable bonds is 5. The highest BCUT2D eigenvalue weighted by Gasteiger charge is 2.34. The molecule has 0 radical (unpaired) electrons. The van der Waals surface area contributed by atoms with Gasteiger partial charge in [0.1, 0.15) is 5.58 Å². The van der Waals surface area contributed by atoms with Gasteiger partial charge in [-0.3, -0.25) is 4.79 Å². The maximum atomic E-state index is 12.7. The van der Waals surface area contributed by atoms with E-state index in [0.29, 0.717) is 28.0 Å². The molecule has 8 heteroatoms. The Labute approximate surface area is 170 Å². The van der Waals surface area contributed by atoms with Gasteiger partial charge in [0, 0.05) is 5.92 Å². The Morgan fingerprint density at radius 1 is 1.10 bits per heavy atom. The number of carbonyl (C=O) groups is 2. The zero-order chi connectivity index (χ0) is 21.3. The second-order valence-corrected chi connectivity index (χ2v) is 6.63.